The molecule has 1 heterocycles. The molecule has 0 saturated carbocycles. The number of thioether (sulfide) groups is 1. The summed E-state index contributed by atoms with van der Waals surface area (Å²) >= 11 is 1.55. The molecule has 0 radical (unpaired) electrons. The number of ether oxygens (including phenoxy) is 1. The summed E-state index contributed by atoms with van der Waals surface area (Å²) in [7, 11) is 0. The summed E-state index contributed by atoms with van der Waals surface area (Å²) in [4.78, 5) is 12.8. The highest BCUT2D eigenvalue weighted by Crippen LogP contribution is 2.34. The highest BCUT2D eigenvalue weighted by Gasteiger charge is 2.24. The molecule has 3 heteroatoms. The lowest BCUT2D eigenvalue weighted by atomic mass is 10.2. The first-order valence-electron chi connectivity index (χ1n) is 6.03. The Hall–Kier alpha value is -2.00. The Morgan fingerprint density at radius 2 is 1.74 bits per heavy atom. The van der Waals surface area contributed by atoms with Crippen LogP contribution in [0.15, 0.2) is 65.6 Å². The first-order chi connectivity index (χ1) is 9.33. The SMILES string of the molecule is O=C1O[C@H](/C=C/c2ccccc2)Sc2ccccc21. The molecule has 0 fully saturated rings. The smallest absolute Gasteiger partial charge is 0.340 e. The van der Waals surface area contributed by atoms with Crippen LogP contribution in [0, 0.1) is 0 Å². The maximum absolute atomic E-state index is 11.8. The third-order valence-electron chi connectivity index (χ3n) is 2.82. The predicted molar refractivity (Wildman–Crippen MR) is 77.0 cm³/mol. The fourth-order valence-electron chi connectivity index (χ4n) is 1.89. The van der Waals surface area contributed by atoms with Crippen LogP contribution in [0.4, 0.5) is 0 Å². The first kappa shape index (κ1) is 12.1. The van der Waals surface area contributed by atoms with Crippen molar-refractivity contribution < 1.29 is 9.53 Å². The fourth-order valence-corrected chi connectivity index (χ4v) is 2.87. The van der Waals surface area contributed by atoms with Gasteiger partial charge in [0, 0.05) is 4.90 Å². The molecule has 2 nitrogen and oxygen atoms in total. The lowest BCUT2D eigenvalue weighted by molar-refractivity contribution is 0.0497. The van der Waals surface area contributed by atoms with E-state index in [1.54, 1.807) is 17.8 Å². The Bertz CT molecular complexity index is 620. The van der Waals surface area contributed by atoms with E-state index in [1.165, 1.54) is 0 Å². The van der Waals surface area contributed by atoms with Gasteiger partial charge in [0.1, 0.15) is 0 Å². The Kier molecular flexibility index (Phi) is 3.38. The Morgan fingerprint density at radius 3 is 2.58 bits per heavy atom. The largest absolute Gasteiger partial charge is 0.443 e. The second-order valence-electron chi connectivity index (χ2n) is 4.16. The minimum Gasteiger partial charge on any atom is -0.443 e. The molecule has 2 aromatic rings. The van der Waals surface area contributed by atoms with E-state index in [1.807, 2.05) is 60.7 Å². The topological polar surface area (TPSA) is 26.3 Å². The van der Waals surface area contributed by atoms with Crippen LogP contribution in [0.2, 0.25) is 0 Å². The van der Waals surface area contributed by atoms with E-state index in [2.05, 4.69) is 0 Å². The second kappa shape index (κ2) is 5.33. The van der Waals surface area contributed by atoms with Crippen molar-refractivity contribution in [3.05, 3.63) is 71.8 Å². The van der Waals surface area contributed by atoms with Gasteiger partial charge >= 0.3 is 5.97 Å². The molecule has 1 aliphatic rings. The summed E-state index contributed by atoms with van der Waals surface area (Å²) in [5.41, 5.74) is 1.48. The Labute approximate surface area is 116 Å². The molecular weight excluding hydrogens is 256 g/mol. The second-order valence-corrected chi connectivity index (χ2v) is 5.30. The molecule has 0 bridgehead atoms. The zero-order chi connectivity index (χ0) is 13.1. The van der Waals surface area contributed by atoms with Crippen molar-refractivity contribution in [3.63, 3.8) is 0 Å². The molecule has 3 rings (SSSR count). The van der Waals surface area contributed by atoms with E-state index in [0.29, 0.717) is 5.56 Å². The number of rotatable bonds is 2. The monoisotopic (exact) mass is 268 g/mol. The minimum absolute atomic E-state index is 0.253. The average Bonchev–Trinajstić information content (AvgIpc) is 2.46. The van der Waals surface area contributed by atoms with Gasteiger partial charge in [0.05, 0.1) is 5.56 Å². The van der Waals surface area contributed by atoms with Gasteiger partial charge < -0.3 is 4.74 Å². The Morgan fingerprint density at radius 1 is 1.00 bits per heavy atom. The van der Waals surface area contributed by atoms with Gasteiger partial charge in [-0.2, -0.15) is 0 Å². The standard InChI is InChI=1S/C16H12O2S/c17-16-13-8-4-5-9-14(13)19-15(18-16)11-10-12-6-2-1-3-7-12/h1-11,15H/b11-10+/t15-/m0/s1. The highest BCUT2D eigenvalue weighted by atomic mass is 32.2. The van der Waals surface area contributed by atoms with Gasteiger partial charge in [-0.15, -0.1) is 0 Å². The van der Waals surface area contributed by atoms with Crippen LogP contribution in [-0.2, 0) is 4.74 Å². The molecule has 94 valence electrons. The average molecular weight is 268 g/mol. The van der Waals surface area contributed by atoms with Crippen molar-refractivity contribution in [2.75, 3.05) is 0 Å². The molecular formula is C16H12O2S. The maximum Gasteiger partial charge on any atom is 0.340 e. The number of cyclic esters (lactones) is 1. The van der Waals surface area contributed by atoms with Gasteiger partial charge in [0.15, 0.2) is 5.44 Å². The van der Waals surface area contributed by atoms with Crippen molar-refractivity contribution in [3.8, 4) is 0 Å². The summed E-state index contributed by atoms with van der Waals surface area (Å²) in [6, 6.07) is 17.5. The number of hydrogen-bond acceptors (Lipinski definition) is 3. The van der Waals surface area contributed by atoms with Crippen molar-refractivity contribution in [1.29, 1.82) is 0 Å². The summed E-state index contributed by atoms with van der Waals surface area (Å²) in [6.45, 7) is 0. The van der Waals surface area contributed by atoms with E-state index in [0.717, 1.165) is 10.5 Å². The third-order valence-corrected chi connectivity index (χ3v) is 3.91. The first-order valence-corrected chi connectivity index (χ1v) is 6.91. The van der Waals surface area contributed by atoms with Crippen LogP contribution in [0.5, 0.6) is 0 Å². The zero-order valence-corrected chi connectivity index (χ0v) is 11.0. The van der Waals surface area contributed by atoms with E-state index in [9.17, 15) is 4.79 Å². The van der Waals surface area contributed by atoms with Crippen LogP contribution in [-0.4, -0.2) is 11.4 Å². The number of hydrogen-bond donors (Lipinski definition) is 0. The van der Waals surface area contributed by atoms with E-state index < -0.39 is 0 Å². The van der Waals surface area contributed by atoms with Crippen LogP contribution < -0.4 is 0 Å². The third kappa shape index (κ3) is 2.71. The molecule has 2 aromatic carbocycles. The lowest BCUT2D eigenvalue weighted by Gasteiger charge is -2.21. The maximum atomic E-state index is 11.8. The van der Waals surface area contributed by atoms with Crippen molar-refractivity contribution in [2.24, 2.45) is 0 Å². The Balaban J connectivity index is 1.79. The molecule has 1 aliphatic heterocycles. The summed E-state index contributed by atoms with van der Waals surface area (Å²) in [5.74, 6) is -0.253. The molecule has 19 heavy (non-hydrogen) atoms. The molecule has 0 spiro atoms. The number of carbonyl (C=O) groups is 1. The fraction of sp³-hybridized carbons (Fsp3) is 0.0625. The number of esters is 1. The molecule has 0 N–H and O–H groups in total. The molecule has 0 amide bonds. The molecule has 0 aromatic heterocycles. The molecule has 0 unspecified atom stereocenters. The summed E-state index contributed by atoms with van der Waals surface area (Å²) in [6.07, 6.45) is 3.88. The van der Waals surface area contributed by atoms with Crippen LogP contribution >= 0.6 is 11.8 Å². The number of carbonyl (C=O) groups excluding carboxylic acids is 1. The molecule has 0 aliphatic carbocycles. The van der Waals surface area contributed by atoms with Crippen LogP contribution in [0.3, 0.4) is 0 Å². The molecule has 0 saturated heterocycles. The normalized spacial score (nSPS) is 18.1. The van der Waals surface area contributed by atoms with Crippen LogP contribution in [0.25, 0.3) is 6.08 Å². The number of benzene rings is 2. The summed E-state index contributed by atoms with van der Waals surface area (Å²) in [5, 5.41) is 0. The quantitative estimate of drug-likeness (QED) is 0.770. The molecule has 1 atom stereocenters. The van der Waals surface area contributed by atoms with Crippen LogP contribution in [0.1, 0.15) is 15.9 Å². The van der Waals surface area contributed by atoms with Gasteiger partial charge in [-0.05, 0) is 23.8 Å². The highest BCUT2D eigenvalue weighted by molar-refractivity contribution is 8.00. The zero-order valence-electron chi connectivity index (χ0n) is 10.2. The minimum atomic E-state index is -0.261. The summed E-state index contributed by atoms with van der Waals surface area (Å²) < 4.78 is 5.37. The van der Waals surface area contributed by atoms with Crippen molar-refractivity contribution in [1.82, 2.24) is 0 Å². The van der Waals surface area contributed by atoms with E-state index in [-0.39, 0.29) is 11.4 Å². The van der Waals surface area contributed by atoms with Gasteiger partial charge in [-0.1, -0.05) is 60.3 Å². The van der Waals surface area contributed by atoms with Gasteiger partial charge in [-0.3, -0.25) is 0 Å². The van der Waals surface area contributed by atoms with Crippen molar-refractivity contribution >= 4 is 23.8 Å². The lowest BCUT2D eigenvalue weighted by Crippen LogP contribution is -2.18. The number of fused-ring (bicyclic) bond motifs is 1. The van der Waals surface area contributed by atoms with E-state index in [4.69, 9.17) is 4.74 Å². The van der Waals surface area contributed by atoms with Gasteiger partial charge in [-0.25, -0.2) is 4.79 Å². The van der Waals surface area contributed by atoms with E-state index >= 15 is 0 Å². The van der Waals surface area contributed by atoms with Crippen molar-refractivity contribution in [2.45, 2.75) is 10.3 Å². The van der Waals surface area contributed by atoms with Gasteiger partial charge in [0.25, 0.3) is 0 Å². The predicted octanol–water partition coefficient (Wildman–Crippen LogP) is 3.99. The van der Waals surface area contributed by atoms with Gasteiger partial charge in [0.2, 0.25) is 0 Å².